The molecule has 1 saturated heterocycles. The van der Waals surface area contributed by atoms with Crippen molar-refractivity contribution in [2.45, 2.75) is 12.6 Å². The summed E-state index contributed by atoms with van der Waals surface area (Å²) in [5.74, 6) is -2.27. The number of likely N-dealkylation sites (tertiary alicyclic amines) is 1. The van der Waals surface area contributed by atoms with Crippen LogP contribution in [0.2, 0.25) is 0 Å². The van der Waals surface area contributed by atoms with Crippen molar-refractivity contribution in [2.75, 3.05) is 0 Å². The zero-order valence-corrected chi connectivity index (χ0v) is 16.6. The number of amides is 1. The van der Waals surface area contributed by atoms with Crippen LogP contribution in [0.4, 0.5) is 5.69 Å². The molecule has 0 bridgehead atoms. The highest BCUT2D eigenvalue weighted by atomic mass is 16.6. The number of hydrogen-bond acceptors (Lipinski definition) is 7. The van der Waals surface area contributed by atoms with Crippen LogP contribution < -0.4 is 0 Å². The van der Waals surface area contributed by atoms with Gasteiger partial charge in [0, 0.05) is 23.9 Å². The molecule has 4 rings (SSSR count). The molecule has 1 fully saturated rings. The van der Waals surface area contributed by atoms with E-state index in [1.54, 1.807) is 24.4 Å². The molecule has 0 saturated carbocycles. The molecular formula is C23H17N3O6. The predicted octanol–water partition coefficient (Wildman–Crippen LogP) is 3.32. The van der Waals surface area contributed by atoms with Crippen molar-refractivity contribution in [3.63, 3.8) is 0 Å². The number of ketones is 1. The van der Waals surface area contributed by atoms with Gasteiger partial charge in [-0.25, -0.2) is 0 Å². The van der Waals surface area contributed by atoms with E-state index >= 15 is 0 Å². The van der Waals surface area contributed by atoms with Crippen molar-refractivity contribution >= 4 is 23.1 Å². The average Bonchev–Trinajstić information content (AvgIpc) is 3.05. The number of hydrogen-bond donors (Lipinski definition) is 2. The Morgan fingerprint density at radius 1 is 1.06 bits per heavy atom. The Morgan fingerprint density at radius 3 is 2.47 bits per heavy atom. The van der Waals surface area contributed by atoms with E-state index in [-0.39, 0.29) is 29.1 Å². The molecule has 1 aliphatic rings. The Labute approximate surface area is 182 Å². The zero-order valence-electron chi connectivity index (χ0n) is 16.6. The number of phenols is 1. The Kier molecular flexibility index (Phi) is 5.38. The van der Waals surface area contributed by atoms with E-state index in [4.69, 9.17) is 0 Å². The van der Waals surface area contributed by atoms with E-state index in [1.807, 2.05) is 0 Å². The average molecular weight is 431 g/mol. The summed E-state index contributed by atoms with van der Waals surface area (Å²) in [6, 6.07) is 15.3. The standard InChI is InChI=1S/C23H17N3O6/c27-18-9-7-14(8-10-18)20-19(21(28)15-4-3-6-17(12-15)26(31)32)22(29)23(30)25(20)13-16-5-1-2-11-24-16/h1-12,20,27-28H,13H2/b21-19-. The van der Waals surface area contributed by atoms with Gasteiger partial charge in [0.2, 0.25) is 0 Å². The van der Waals surface area contributed by atoms with E-state index in [1.165, 1.54) is 47.4 Å². The minimum absolute atomic E-state index is 0.00265. The molecule has 160 valence electrons. The van der Waals surface area contributed by atoms with Crippen LogP contribution in [0.15, 0.2) is 78.5 Å². The normalized spacial score (nSPS) is 17.5. The molecule has 9 heteroatoms. The van der Waals surface area contributed by atoms with Gasteiger partial charge in [-0.3, -0.25) is 24.7 Å². The molecule has 2 heterocycles. The van der Waals surface area contributed by atoms with E-state index in [0.29, 0.717) is 11.3 Å². The topological polar surface area (TPSA) is 134 Å². The van der Waals surface area contributed by atoms with Crippen LogP contribution in [0.5, 0.6) is 5.75 Å². The minimum Gasteiger partial charge on any atom is -0.508 e. The number of carbonyl (C=O) groups is 2. The van der Waals surface area contributed by atoms with E-state index in [0.717, 1.165) is 6.07 Å². The first kappa shape index (κ1) is 20.7. The van der Waals surface area contributed by atoms with Crippen molar-refractivity contribution in [3.05, 3.63) is 105 Å². The van der Waals surface area contributed by atoms with Crippen molar-refractivity contribution < 1.29 is 24.7 Å². The summed E-state index contributed by atoms with van der Waals surface area (Å²) in [6.45, 7) is 0.00265. The van der Waals surface area contributed by atoms with Gasteiger partial charge in [0.1, 0.15) is 11.5 Å². The van der Waals surface area contributed by atoms with Crippen LogP contribution in [0.1, 0.15) is 22.9 Å². The number of Topliss-reactive ketones (excluding diaryl/α,β-unsaturated/α-hetero) is 1. The number of nitrogens with zero attached hydrogens (tertiary/aromatic N) is 3. The Bertz CT molecular complexity index is 1240. The lowest BCUT2D eigenvalue weighted by molar-refractivity contribution is -0.384. The Balaban J connectivity index is 1.87. The van der Waals surface area contributed by atoms with Crippen molar-refractivity contribution in [1.29, 1.82) is 0 Å². The monoisotopic (exact) mass is 431 g/mol. The van der Waals surface area contributed by atoms with Gasteiger partial charge in [-0.05, 0) is 29.8 Å². The number of aromatic hydroxyl groups is 1. The summed E-state index contributed by atoms with van der Waals surface area (Å²) < 4.78 is 0. The summed E-state index contributed by atoms with van der Waals surface area (Å²) in [5.41, 5.74) is 0.590. The van der Waals surface area contributed by atoms with Gasteiger partial charge in [0.25, 0.3) is 17.4 Å². The van der Waals surface area contributed by atoms with Gasteiger partial charge in [0.05, 0.1) is 28.8 Å². The van der Waals surface area contributed by atoms with Crippen molar-refractivity contribution in [3.8, 4) is 5.75 Å². The molecule has 9 nitrogen and oxygen atoms in total. The minimum atomic E-state index is -0.975. The third kappa shape index (κ3) is 3.79. The highest BCUT2D eigenvalue weighted by Gasteiger charge is 2.46. The Hall–Kier alpha value is -4.53. The molecule has 1 amide bonds. The molecule has 1 aliphatic heterocycles. The number of aliphatic hydroxyl groups excluding tert-OH is 1. The number of nitro benzene ring substituents is 1. The molecule has 2 N–H and O–H groups in total. The zero-order chi connectivity index (χ0) is 22.8. The highest BCUT2D eigenvalue weighted by Crippen LogP contribution is 2.40. The summed E-state index contributed by atoms with van der Waals surface area (Å²) in [4.78, 5) is 41.9. The molecule has 1 aromatic heterocycles. The molecule has 0 spiro atoms. The number of benzene rings is 2. The van der Waals surface area contributed by atoms with E-state index in [2.05, 4.69) is 4.98 Å². The second kappa shape index (κ2) is 8.31. The lowest BCUT2D eigenvalue weighted by Gasteiger charge is -2.25. The first-order chi connectivity index (χ1) is 15.4. The molecule has 1 unspecified atom stereocenters. The third-order valence-corrected chi connectivity index (χ3v) is 5.14. The molecule has 0 aliphatic carbocycles. The molecule has 3 aromatic rings. The van der Waals surface area contributed by atoms with Crippen LogP contribution >= 0.6 is 0 Å². The van der Waals surface area contributed by atoms with E-state index < -0.39 is 28.4 Å². The number of non-ortho nitro benzene ring substituents is 1. The van der Waals surface area contributed by atoms with Gasteiger partial charge >= 0.3 is 0 Å². The van der Waals surface area contributed by atoms with Crippen LogP contribution in [-0.4, -0.2) is 36.7 Å². The lowest BCUT2D eigenvalue weighted by Crippen LogP contribution is -2.29. The van der Waals surface area contributed by atoms with Crippen molar-refractivity contribution in [2.24, 2.45) is 0 Å². The molecular weight excluding hydrogens is 414 g/mol. The van der Waals surface area contributed by atoms with Crippen LogP contribution in [0.25, 0.3) is 5.76 Å². The summed E-state index contributed by atoms with van der Waals surface area (Å²) in [7, 11) is 0. The highest BCUT2D eigenvalue weighted by molar-refractivity contribution is 6.46. The SMILES string of the molecule is O=C1C(=O)N(Cc2ccccn2)C(c2ccc(O)cc2)/C1=C(/O)c1cccc([N+](=O)[O-])c1. The molecule has 2 aromatic carbocycles. The van der Waals surface area contributed by atoms with Gasteiger partial charge in [-0.2, -0.15) is 0 Å². The smallest absolute Gasteiger partial charge is 0.296 e. The van der Waals surface area contributed by atoms with Gasteiger partial charge in [-0.15, -0.1) is 0 Å². The number of pyridine rings is 1. The van der Waals surface area contributed by atoms with Gasteiger partial charge in [0.15, 0.2) is 0 Å². The maximum absolute atomic E-state index is 13.0. The lowest BCUT2D eigenvalue weighted by atomic mass is 9.95. The molecule has 0 radical (unpaired) electrons. The second-order valence-corrected chi connectivity index (χ2v) is 7.15. The molecule has 32 heavy (non-hydrogen) atoms. The Morgan fingerprint density at radius 2 is 1.81 bits per heavy atom. The number of nitro groups is 1. The van der Waals surface area contributed by atoms with E-state index in [9.17, 15) is 29.9 Å². The largest absolute Gasteiger partial charge is 0.508 e. The maximum atomic E-state index is 13.0. The second-order valence-electron chi connectivity index (χ2n) is 7.15. The van der Waals surface area contributed by atoms with Crippen LogP contribution in [-0.2, 0) is 16.1 Å². The number of carbonyl (C=O) groups excluding carboxylic acids is 2. The number of aliphatic hydroxyl groups is 1. The quantitative estimate of drug-likeness (QED) is 0.208. The predicted molar refractivity (Wildman–Crippen MR) is 113 cm³/mol. The fourth-order valence-corrected chi connectivity index (χ4v) is 3.63. The first-order valence-electron chi connectivity index (χ1n) is 9.59. The number of rotatable bonds is 5. The van der Waals surface area contributed by atoms with Gasteiger partial charge < -0.3 is 15.1 Å². The summed E-state index contributed by atoms with van der Waals surface area (Å²) in [5, 5.41) is 31.8. The van der Waals surface area contributed by atoms with Crippen LogP contribution in [0.3, 0.4) is 0 Å². The fourth-order valence-electron chi connectivity index (χ4n) is 3.63. The van der Waals surface area contributed by atoms with Gasteiger partial charge in [-0.1, -0.05) is 30.3 Å². The number of phenolic OH excluding ortho intramolecular Hbond substituents is 1. The van der Waals surface area contributed by atoms with Crippen molar-refractivity contribution in [1.82, 2.24) is 9.88 Å². The first-order valence-corrected chi connectivity index (χ1v) is 9.59. The number of aromatic nitrogens is 1. The summed E-state index contributed by atoms with van der Waals surface area (Å²) >= 11 is 0. The van der Waals surface area contributed by atoms with Crippen LogP contribution in [0, 0.1) is 10.1 Å². The fraction of sp³-hybridized carbons (Fsp3) is 0.0870. The maximum Gasteiger partial charge on any atom is 0.296 e. The molecule has 1 atom stereocenters. The summed E-state index contributed by atoms with van der Waals surface area (Å²) in [6.07, 6.45) is 1.56. The third-order valence-electron chi connectivity index (χ3n) is 5.14.